The van der Waals surface area contributed by atoms with Gasteiger partial charge in [-0.15, -0.1) is 22.7 Å². The Morgan fingerprint density at radius 1 is 0.477 bits per heavy atom. The molecule has 0 nitrogen and oxygen atoms in total. The van der Waals surface area contributed by atoms with Crippen molar-refractivity contribution in [3.8, 4) is 0 Å². The molecule has 0 N–H and O–H groups in total. The van der Waals surface area contributed by atoms with Gasteiger partial charge in [0.2, 0.25) is 0 Å². The lowest BCUT2D eigenvalue weighted by Crippen LogP contribution is -1.99. The largest absolute Gasteiger partial charge is 0.134 e. The van der Waals surface area contributed by atoms with Crippen LogP contribution in [0.1, 0.15) is 104 Å². The number of rotatable bonds is 14. The fourth-order valence-corrected chi connectivity index (χ4v) is 9.93. The molecule has 44 heavy (non-hydrogen) atoms. The average Bonchev–Trinajstić information content (AvgIpc) is 3.54. The summed E-state index contributed by atoms with van der Waals surface area (Å²) in [5, 5.41) is 8.56. The minimum absolute atomic E-state index is 0.802. The predicted octanol–water partition coefficient (Wildman–Crippen LogP) is 14.4. The van der Waals surface area contributed by atoms with Crippen LogP contribution >= 0.6 is 22.7 Å². The van der Waals surface area contributed by atoms with E-state index < -0.39 is 0 Å². The van der Waals surface area contributed by atoms with Crippen LogP contribution in [0.4, 0.5) is 0 Å². The molecule has 0 aliphatic heterocycles. The second-order valence-corrected chi connectivity index (χ2v) is 16.9. The van der Waals surface area contributed by atoms with E-state index >= 15 is 0 Å². The van der Waals surface area contributed by atoms with Gasteiger partial charge in [0.15, 0.2) is 0 Å². The van der Waals surface area contributed by atoms with E-state index in [1.54, 1.807) is 0 Å². The molecular formula is C42H52S2. The first-order valence-electron chi connectivity index (χ1n) is 17.5. The van der Waals surface area contributed by atoms with Gasteiger partial charge in [-0.05, 0) is 94.2 Å². The van der Waals surface area contributed by atoms with Gasteiger partial charge in [-0.2, -0.15) is 0 Å². The topological polar surface area (TPSA) is 0 Å². The van der Waals surface area contributed by atoms with Crippen molar-refractivity contribution in [2.45, 2.75) is 106 Å². The van der Waals surface area contributed by atoms with Crippen molar-refractivity contribution >= 4 is 73.8 Å². The molecule has 0 spiro atoms. The molecule has 2 aromatic heterocycles. The Hall–Kier alpha value is -2.42. The first kappa shape index (κ1) is 31.6. The third-order valence-electron chi connectivity index (χ3n) is 9.98. The highest BCUT2D eigenvalue weighted by Gasteiger charge is 2.17. The zero-order chi connectivity index (χ0) is 30.8. The molecule has 0 fully saturated rings. The Bertz CT molecular complexity index is 1730. The van der Waals surface area contributed by atoms with Crippen LogP contribution in [0.15, 0.2) is 60.7 Å². The van der Waals surface area contributed by atoms with E-state index in [0.29, 0.717) is 0 Å². The first-order valence-corrected chi connectivity index (χ1v) is 19.1. The fourth-order valence-electron chi connectivity index (χ4n) is 7.17. The van der Waals surface area contributed by atoms with Gasteiger partial charge < -0.3 is 0 Å². The third kappa shape index (κ3) is 7.02. The van der Waals surface area contributed by atoms with Crippen LogP contribution in [-0.4, -0.2) is 0 Å². The Morgan fingerprint density at radius 2 is 0.909 bits per heavy atom. The van der Waals surface area contributed by atoms with Gasteiger partial charge in [-0.1, -0.05) is 129 Å². The van der Waals surface area contributed by atoms with Gasteiger partial charge in [0, 0.05) is 20.2 Å². The molecule has 0 saturated heterocycles. The number of hydrogen-bond donors (Lipinski definition) is 0. The molecule has 232 valence electrons. The summed E-state index contributed by atoms with van der Waals surface area (Å²) in [6.07, 6.45) is 13.1. The highest BCUT2D eigenvalue weighted by molar-refractivity contribution is 7.37. The monoisotopic (exact) mass is 620 g/mol. The molecule has 6 rings (SSSR count). The Kier molecular flexibility index (Phi) is 9.98. The minimum atomic E-state index is 0.802. The maximum atomic E-state index is 2.47. The molecule has 2 unspecified atom stereocenters. The summed E-state index contributed by atoms with van der Waals surface area (Å²) in [7, 11) is 0. The number of hydrogen-bond acceptors (Lipinski definition) is 2. The molecule has 2 heteroatoms. The molecule has 6 aromatic rings. The molecule has 0 saturated carbocycles. The van der Waals surface area contributed by atoms with E-state index in [0.717, 1.165) is 23.7 Å². The van der Waals surface area contributed by atoms with Crippen molar-refractivity contribution < 1.29 is 0 Å². The van der Waals surface area contributed by atoms with Crippen molar-refractivity contribution in [3.05, 3.63) is 71.8 Å². The number of aryl methyl sites for hydroxylation is 2. The summed E-state index contributed by atoms with van der Waals surface area (Å²) in [5.74, 6) is 3.25. The van der Waals surface area contributed by atoms with Crippen LogP contribution in [0, 0.1) is 23.7 Å². The van der Waals surface area contributed by atoms with Crippen molar-refractivity contribution in [1.29, 1.82) is 0 Å². The van der Waals surface area contributed by atoms with E-state index in [-0.39, 0.29) is 0 Å². The Balaban J connectivity index is 1.24. The number of benzene rings is 4. The molecule has 0 amide bonds. The van der Waals surface area contributed by atoms with Gasteiger partial charge in [0.1, 0.15) is 0 Å². The summed E-state index contributed by atoms with van der Waals surface area (Å²) < 4.78 is 5.80. The summed E-state index contributed by atoms with van der Waals surface area (Å²) in [5.41, 5.74) is 2.98. The highest BCUT2D eigenvalue weighted by Crippen LogP contribution is 2.48. The third-order valence-corrected chi connectivity index (χ3v) is 12.5. The lowest BCUT2D eigenvalue weighted by Gasteiger charge is -2.13. The maximum Gasteiger partial charge on any atom is 0.0548 e. The summed E-state index contributed by atoms with van der Waals surface area (Å²) in [6.45, 7) is 14.2. The van der Waals surface area contributed by atoms with Gasteiger partial charge in [0.05, 0.1) is 9.40 Å². The van der Waals surface area contributed by atoms with Gasteiger partial charge in [0.25, 0.3) is 0 Å². The van der Waals surface area contributed by atoms with Crippen molar-refractivity contribution in [2.75, 3.05) is 0 Å². The molecule has 2 heterocycles. The van der Waals surface area contributed by atoms with Crippen LogP contribution < -0.4 is 0 Å². The first-order chi connectivity index (χ1) is 21.3. The second kappa shape index (κ2) is 13.9. The molecule has 2 atom stereocenters. The molecular weight excluding hydrogens is 569 g/mol. The standard InChI is InChI=1S/C42H52S2/c1-27(2)9-7-11-29(5)13-15-31-17-21-35-33(25-31)19-23-37-39(35)41-42(43-37)40-36-22-18-32(26-34(36)20-24-38(40)44-41)16-14-30(6)12-8-10-28(3)4/h17-30H,7-16H2,1-6H3. The van der Waals surface area contributed by atoms with Crippen molar-refractivity contribution in [3.63, 3.8) is 0 Å². The van der Waals surface area contributed by atoms with Gasteiger partial charge in [-0.25, -0.2) is 0 Å². The summed E-state index contributed by atoms with van der Waals surface area (Å²) in [4.78, 5) is 0. The molecule has 0 aliphatic carbocycles. The smallest absolute Gasteiger partial charge is 0.0548 e. The Labute approximate surface area is 273 Å². The maximum absolute atomic E-state index is 2.47. The highest BCUT2D eigenvalue weighted by atomic mass is 32.1. The normalized spacial score (nSPS) is 13.9. The lowest BCUT2D eigenvalue weighted by atomic mass is 9.93. The predicted molar refractivity (Wildman–Crippen MR) is 202 cm³/mol. The summed E-state index contributed by atoms with van der Waals surface area (Å²) in [6, 6.07) is 24.1. The van der Waals surface area contributed by atoms with E-state index in [1.165, 1.54) is 126 Å². The quantitative estimate of drug-likeness (QED) is 0.114. The van der Waals surface area contributed by atoms with E-state index in [4.69, 9.17) is 0 Å². The van der Waals surface area contributed by atoms with Gasteiger partial charge >= 0.3 is 0 Å². The molecule has 0 bridgehead atoms. The zero-order valence-electron chi connectivity index (χ0n) is 28.0. The van der Waals surface area contributed by atoms with Crippen molar-refractivity contribution in [2.24, 2.45) is 23.7 Å². The number of thiophene rings is 2. The average molecular weight is 621 g/mol. The van der Waals surface area contributed by atoms with Crippen LogP contribution in [0.25, 0.3) is 51.1 Å². The second-order valence-electron chi connectivity index (χ2n) is 14.8. The van der Waals surface area contributed by atoms with E-state index in [1.807, 2.05) is 22.7 Å². The minimum Gasteiger partial charge on any atom is -0.134 e. The van der Waals surface area contributed by atoms with Gasteiger partial charge in [-0.3, -0.25) is 0 Å². The molecule has 0 aliphatic rings. The van der Waals surface area contributed by atoms with Crippen LogP contribution in [0.3, 0.4) is 0 Å². The zero-order valence-corrected chi connectivity index (χ0v) is 29.6. The van der Waals surface area contributed by atoms with Crippen molar-refractivity contribution in [1.82, 2.24) is 0 Å². The SMILES string of the molecule is CC(C)CCCC(C)CCc1ccc2c(ccc3sc4c(sc5ccc6cc(CCC(C)CCCC(C)C)ccc6c54)c32)c1. The lowest BCUT2D eigenvalue weighted by molar-refractivity contribution is 0.437. The van der Waals surface area contributed by atoms with Crippen LogP contribution in [0.2, 0.25) is 0 Å². The molecule has 0 radical (unpaired) electrons. The molecule has 4 aromatic carbocycles. The number of fused-ring (bicyclic) bond motifs is 9. The van der Waals surface area contributed by atoms with E-state index in [9.17, 15) is 0 Å². The Morgan fingerprint density at radius 3 is 1.32 bits per heavy atom. The van der Waals surface area contributed by atoms with Crippen LogP contribution in [-0.2, 0) is 12.8 Å². The van der Waals surface area contributed by atoms with E-state index in [2.05, 4.69) is 102 Å². The van der Waals surface area contributed by atoms with Crippen LogP contribution in [0.5, 0.6) is 0 Å². The summed E-state index contributed by atoms with van der Waals surface area (Å²) >= 11 is 3.99. The fraction of sp³-hybridized carbons (Fsp3) is 0.476.